The predicted octanol–water partition coefficient (Wildman–Crippen LogP) is 0.614. The standard InChI is InChI=1S/C16H25N2.BrH/c1-7-15(4)10-11-16(14(2)3)18(5,6)13-9-8-12-17;/h7-9,16H,1-2,4,10-11,13H2,3,5-6H3;1H/q+1;/p-1/b9-8+;. The molecule has 0 saturated heterocycles. The number of nitriles is 1. The van der Waals surface area contributed by atoms with E-state index < -0.39 is 0 Å². The van der Waals surface area contributed by atoms with Crippen LogP contribution in [0.3, 0.4) is 0 Å². The van der Waals surface area contributed by atoms with Crippen LogP contribution in [0.1, 0.15) is 19.8 Å². The smallest absolute Gasteiger partial charge is 0.110 e. The minimum absolute atomic E-state index is 0. The Labute approximate surface area is 128 Å². The van der Waals surface area contributed by atoms with Gasteiger partial charge in [-0.25, -0.2) is 0 Å². The molecule has 0 fully saturated rings. The number of hydrogen-bond acceptors (Lipinski definition) is 1. The van der Waals surface area contributed by atoms with E-state index in [1.165, 1.54) is 11.6 Å². The summed E-state index contributed by atoms with van der Waals surface area (Å²) in [6.07, 6.45) is 7.21. The normalized spacial score (nSPS) is 12.3. The summed E-state index contributed by atoms with van der Waals surface area (Å²) >= 11 is 0. The van der Waals surface area contributed by atoms with Crippen molar-refractivity contribution in [2.45, 2.75) is 25.8 Å². The lowest BCUT2D eigenvalue weighted by Crippen LogP contribution is -3.00. The third kappa shape index (κ3) is 7.81. The minimum atomic E-state index is 0. The van der Waals surface area contributed by atoms with E-state index in [0.29, 0.717) is 6.04 Å². The highest BCUT2D eigenvalue weighted by Crippen LogP contribution is 2.21. The van der Waals surface area contributed by atoms with Gasteiger partial charge in [0.15, 0.2) is 0 Å². The van der Waals surface area contributed by atoms with Crippen molar-refractivity contribution in [3.63, 3.8) is 0 Å². The summed E-state index contributed by atoms with van der Waals surface area (Å²) in [5, 5.41) is 8.53. The van der Waals surface area contributed by atoms with E-state index in [1.54, 1.807) is 0 Å². The van der Waals surface area contributed by atoms with Crippen molar-refractivity contribution in [1.29, 1.82) is 5.26 Å². The molecule has 0 aliphatic carbocycles. The van der Waals surface area contributed by atoms with Crippen molar-refractivity contribution in [3.05, 3.63) is 49.1 Å². The van der Waals surface area contributed by atoms with E-state index >= 15 is 0 Å². The first kappa shape index (κ1) is 20.2. The van der Waals surface area contributed by atoms with Crippen molar-refractivity contribution in [3.8, 4) is 6.07 Å². The first-order valence-corrected chi connectivity index (χ1v) is 6.18. The summed E-state index contributed by atoms with van der Waals surface area (Å²) < 4.78 is 0.804. The highest BCUT2D eigenvalue weighted by atomic mass is 79.9. The van der Waals surface area contributed by atoms with Gasteiger partial charge in [0.2, 0.25) is 0 Å². The number of likely N-dealkylation sites (N-methyl/N-ethyl adjacent to an activating group) is 1. The number of halogens is 1. The molecule has 0 saturated carbocycles. The van der Waals surface area contributed by atoms with Gasteiger partial charge in [-0.15, -0.1) is 0 Å². The molecule has 106 valence electrons. The zero-order valence-electron chi connectivity index (χ0n) is 12.3. The highest BCUT2D eigenvalue weighted by Gasteiger charge is 2.27. The maximum atomic E-state index is 8.53. The van der Waals surface area contributed by atoms with Gasteiger partial charge in [-0.1, -0.05) is 31.4 Å². The van der Waals surface area contributed by atoms with Crippen LogP contribution < -0.4 is 17.0 Å². The number of hydrogen-bond donors (Lipinski definition) is 0. The van der Waals surface area contributed by atoms with Crippen LogP contribution in [0.25, 0.3) is 0 Å². The average molecular weight is 325 g/mol. The summed E-state index contributed by atoms with van der Waals surface area (Å²) in [7, 11) is 4.33. The Morgan fingerprint density at radius 1 is 1.37 bits per heavy atom. The zero-order valence-corrected chi connectivity index (χ0v) is 13.9. The van der Waals surface area contributed by atoms with E-state index in [1.807, 2.05) is 18.2 Å². The molecule has 0 amide bonds. The molecule has 19 heavy (non-hydrogen) atoms. The number of quaternary nitrogens is 1. The van der Waals surface area contributed by atoms with Crippen molar-refractivity contribution in [1.82, 2.24) is 0 Å². The van der Waals surface area contributed by atoms with Gasteiger partial charge in [0.1, 0.15) is 6.04 Å². The van der Waals surface area contributed by atoms with Gasteiger partial charge >= 0.3 is 0 Å². The average Bonchev–Trinajstić information content (AvgIpc) is 2.28. The monoisotopic (exact) mass is 324 g/mol. The molecule has 0 spiro atoms. The largest absolute Gasteiger partial charge is 1.00 e. The Morgan fingerprint density at radius 2 is 1.95 bits per heavy atom. The second-order valence-corrected chi connectivity index (χ2v) is 5.26. The first-order valence-electron chi connectivity index (χ1n) is 6.18. The first-order chi connectivity index (χ1) is 8.35. The number of nitrogens with zero attached hydrogens (tertiary/aromatic N) is 2. The Hall–Kier alpha value is -1.11. The Balaban J connectivity index is 0. The van der Waals surface area contributed by atoms with Crippen molar-refractivity contribution in [2.75, 3.05) is 20.6 Å². The van der Waals surface area contributed by atoms with Gasteiger partial charge < -0.3 is 21.5 Å². The van der Waals surface area contributed by atoms with Gasteiger partial charge in [-0.2, -0.15) is 5.26 Å². The fourth-order valence-corrected chi connectivity index (χ4v) is 2.12. The summed E-state index contributed by atoms with van der Waals surface area (Å²) in [5.41, 5.74) is 2.23. The maximum absolute atomic E-state index is 8.53. The Bertz CT molecular complexity index is 386. The van der Waals surface area contributed by atoms with Crippen LogP contribution in [0.2, 0.25) is 0 Å². The second-order valence-electron chi connectivity index (χ2n) is 5.26. The molecule has 1 atom stereocenters. The molecule has 0 aliphatic rings. The van der Waals surface area contributed by atoms with Gasteiger partial charge in [0, 0.05) is 12.5 Å². The SMILES string of the molecule is C=CC(=C)CCC(C(=C)C)[N+](C)(C)C/C=C/C#N.[Br-]. The van der Waals surface area contributed by atoms with Gasteiger partial charge in [0.25, 0.3) is 0 Å². The summed E-state index contributed by atoms with van der Waals surface area (Å²) in [4.78, 5) is 0. The van der Waals surface area contributed by atoms with E-state index in [9.17, 15) is 0 Å². The highest BCUT2D eigenvalue weighted by molar-refractivity contribution is 5.12. The van der Waals surface area contributed by atoms with Crippen molar-refractivity contribution < 1.29 is 21.5 Å². The molecular formula is C16H25BrN2. The lowest BCUT2D eigenvalue weighted by molar-refractivity contribution is -0.904. The summed E-state index contributed by atoms with van der Waals surface area (Å²) in [6, 6.07) is 2.39. The van der Waals surface area contributed by atoms with Crippen LogP contribution in [0.15, 0.2) is 49.1 Å². The van der Waals surface area contributed by atoms with Gasteiger partial charge in [-0.05, 0) is 25.0 Å². The van der Waals surface area contributed by atoms with Crippen LogP contribution in [-0.4, -0.2) is 31.2 Å². The molecule has 1 unspecified atom stereocenters. The van der Waals surface area contributed by atoms with E-state index in [2.05, 4.69) is 40.8 Å². The van der Waals surface area contributed by atoms with Crippen molar-refractivity contribution >= 4 is 0 Å². The van der Waals surface area contributed by atoms with Crippen LogP contribution in [-0.2, 0) is 0 Å². The molecule has 0 heterocycles. The van der Waals surface area contributed by atoms with Crippen LogP contribution in [0, 0.1) is 11.3 Å². The topological polar surface area (TPSA) is 23.8 Å². The summed E-state index contributed by atoms with van der Waals surface area (Å²) in [5.74, 6) is 0. The van der Waals surface area contributed by atoms with E-state index in [0.717, 1.165) is 29.4 Å². The van der Waals surface area contributed by atoms with Gasteiger partial charge in [-0.3, -0.25) is 0 Å². The predicted molar refractivity (Wildman–Crippen MR) is 78.9 cm³/mol. The zero-order chi connectivity index (χ0) is 14.2. The molecule has 0 aromatic heterocycles. The fourth-order valence-electron chi connectivity index (χ4n) is 2.12. The Morgan fingerprint density at radius 3 is 2.37 bits per heavy atom. The molecule has 0 aliphatic heterocycles. The molecular weight excluding hydrogens is 300 g/mol. The van der Waals surface area contributed by atoms with Crippen LogP contribution >= 0.6 is 0 Å². The van der Waals surface area contributed by atoms with Gasteiger partial charge in [0.05, 0.1) is 26.7 Å². The molecule has 0 aromatic rings. The third-order valence-corrected chi connectivity index (χ3v) is 3.21. The lowest BCUT2D eigenvalue weighted by Gasteiger charge is -2.38. The van der Waals surface area contributed by atoms with Crippen LogP contribution in [0.4, 0.5) is 0 Å². The molecule has 0 bridgehead atoms. The number of allylic oxidation sites excluding steroid dienone is 3. The van der Waals surface area contributed by atoms with E-state index in [4.69, 9.17) is 5.26 Å². The van der Waals surface area contributed by atoms with E-state index in [-0.39, 0.29) is 17.0 Å². The molecule has 0 rings (SSSR count). The molecule has 3 heteroatoms. The second kappa shape index (κ2) is 9.77. The third-order valence-electron chi connectivity index (χ3n) is 3.21. The molecule has 2 nitrogen and oxygen atoms in total. The fraction of sp³-hybridized carbons (Fsp3) is 0.438. The molecule has 0 radical (unpaired) electrons. The lowest BCUT2D eigenvalue weighted by atomic mass is 9.98. The quantitative estimate of drug-likeness (QED) is 0.278. The minimum Gasteiger partial charge on any atom is -1.00 e. The van der Waals surface area contributed by atoms with Crippen LogP contribution in [0.5, 0.6) is 0 Å². The number of rotatable bonds is 8. The molecule has 0 N–H and O–H groups in total. The summed E-state index contributed by atoms with van der Waals surface area (Å²) in [6.45, 7) is 14.7. The van der Waals surface area contributed by atoms with Crippen molar-refractivity contribution in [2.24, 2.45) is 0 Å². The maximum Gasteiger partial charge on any atom is 0.110 e. The molecule has 0 aromatic carbocycles. The Kier molecular flexibility index (Phi) is 10.4.